The van der Waals surface area contributed by atoms with Gasteiger partial charge in [0.1, 0.15) is 0 Å². The van der Waals surface area contributed by atoms with Crippen LogP contribution in [0.1, 0.15) is 117 Å². The van der Waals surface area contributed by atoms with Crippen molar-refractivity contribution in [2.45, 2.75) is 117 Å². The summed E-state index contributed by atoms with van der Waals surface area (Å²) in [5.74, 6) is -0.932. The Hall–Kier alpha value is -1.32. The summed E-state index contributed by atoms with van der Waals surface area (Å²) in [7, 11) is 0. The van der Waals surface area contributed by atoms with Gasteiger partial charge in [0.15, 0.2) is 0 Å². The van der Waals surface area contributed by atoms with E-state index in [1.165, 1.54) is 89.2 Å². The lowest BCUT2D eigenvalue weighted by Gasteiger charge is -2.03. The van der Waals surface area contributed by atoms with Crippen molar-refractivity contribution in [2.75, 3.05) is 13.2 Å². The smallest absolute Gasteiger partial charge is 0.331 e. The molecule has 0 amide bonds. The highest BCUT2D eigenvalue weighted by Gasteiger charge is 2.01. The first-order valence-corrected chi connectivity index (χ1v) is 11.7. The maximum atomic E-state index is 11.6. The molecule has 4 heteroatoms. The Kier molecular flexibility index (Phi) is 20.9. The summed E-state index contributed by atoms with van der Waals surface area (Å²) in [6.45, 7) is 5.28. The quantitative estimate of drug-likeness (QED) is 0.127. The molecule has 4 nitrogen and oxygen atoms in total. The summed E-state index contributed by atoms with van der Waals surface area (Å²) in [6.07, 6.45) is 21.7. The number of ether oxygens (including phenoxy) is 2. The number of hydrogen-bond donors (Lipinski definition) is 0. The van der Waals surface area contributed by atoms with Crippen LogP contribution < -0.4 is 0 Å². The van der Waals surface area contributed by atoms with Crippen LogP contribution in [0.5, 0.6) is 0 Å². The van der Waals surface area contributed by atoms with Gasteiger partial charge in [0, 0.05) is 12.2 Å². The molecule has 0 atom stereocenters. The first kappa shape index (κ1) is 26.7. The minimum Gasteiger partial charge on any atom is -0.463 e. The molecule has 164 valence electrons. The van der Waals surface area contributed by atoms with Gasteiger partial charge in [-0.2, -0.15) is 0 Å². The van der Waals surface area contributed by atoms with E-state index in [-0.39, 0.29) is 0 Å². The lowest BCUT2D eigenvalue weighted by molar-refractivity contribution is -0.140. The SMILES string of the molecule is CCCCCCCCCCCOC(=O)/C=C/C(=O)OCCCCCCCCC. The highest BCUT2D eigenvalue weighted by molar-refractivity contribution is 5.91. The molecule has 0 unspecified atom stereocenters. The molecule has 28 heavy (non-hydrogen) atoms. The van der Waals surface area contributed by atoms with Gasteiger partial charge in [0.05, 0.1) is 13.2 Å². The van der Waals surface area contributed by atoms with Gasteiger partial charge in [0.2, 0.25) is 0 Å². The molecule has 0 saturated carbocycles. The van der Waals surface area contributed by atoms with E-state index < -0.39 is 11.9 Å². The minimum absolute atomic E-state index is 0.421. The molecule has 0 spiro atoms. The third-order valence-electron chi connectivity index (χ3n) is 4.84. The maximum Gasteiger partial charge on any atom is 0.331 e. The first-order chi connectivity index (χ1) is 13.7. The van der Waals surface area contributed by atoms with Crippen LogP contribution in [0.15, 0.2) is 12.2 Å². The van der Waals surface area contributed by atoms with Crippen molar-refractivity contribution in [1.82, 2.24) is 0 Å². The zero-order chi connectivity index (χ0) is 20.7. The van der Waals surface area contributed by atoms with Crippen molar-refractivity contribution in [2.24, 2.45) is 0 Å². The molecule has 0 aromatic rings. The second kappa shape index (κ2) is 22.0. The van der Waals surface area contributed by atoms with Crippen LogP contribution in [0.4, 0.5) is 0 Å². The molecular formula is C24H44O4. The number of esters is 2. The highest BCUT2D eigenvalue weighted by Crippen LogP contribution is 2.09. The summed E-state index contributed by atoms with van der Waals surface area (Å²) in [5.41, 5.74) is 0. The van der Waals surface area contributed by atoms with Gasteiger partial charge >= 0.3 is 11.9 Å². The average molecular weight is 397 g/mol. The van der Waals surface area contributed by atoms with Crippen molar-refractivity contribution in [3.63, 3.8) is 0 Å². The van der Waals surface area contributed by atoms with Crippen LogP contribution >= 0.6 is 0 Å². The van der Waals surface area contributed by atoms with E-state index in [0.717, 1.165) is 25.7 Å². The summed E-state index contributed by atoms with van der Waals surface area (Å²) in [6, 6.07) is 0. The molecule has 0 N–H and O–H groups in total. The third-order valence-corrected chi connectivity index (χ3v) is 4.84. The van der Waals surface area contributed by atoms with Crippen LogP contribution in [-0.4, -0.2) is 25.2 Å². The van der Waals surface area contributed by atoms with Gasteiger partial charge in [-0.3, -0.25) is 0 Å². The van der Waals surface area contributed by atoms with E-state index in [1.807, 2.05) is 0 Å². The largest absolute Gasteiger partial charge is 0.463 e. The van der Waals surface area contributed by atoms with Crippen molar-refractivity contribution < 1.29 is 19.1 Å². The molecule has 0 aromatic carbocycles. The average Bonchev–Trinajstić information content (AvgIpc) is 2.69. The van der Waals surface area contributed by atoms with Gasteiger partial charge in [-0.15, -0.1) is 0 Å². The van der Waals surface area contributed by atoms with Crippen molar-refractivity contribution >= 4 is 11.9 Å². The Morgan fingerprint density at radius 1 is 0.500 bits per heavy atom. The van der Waals surface area contributed by atoms with E-state index in [1.54, 1.807) is 0 Å². The second-order valence-electron chi connectivity index (χ2n) is 7.62. The van der Waals surface area contributed by atoms with E-state index in [9.17, 15) is 9.59 Å². The van der Waals surface area contributed by atoms with E-state index >= 15 is 0 Å². The topological polar surface area (TPSA) is 52.6 Å². The Morgan fingerprint density at radius 3 is 1.11 bits per heavy atom. The number of unbranched alkanes of at least 4 members (excludes halogenated alkanes) is 14. The normalized spacial score (nSPS) is 11.1. The van der Waals surface area contributed by atoms with E-state index in [0.29, 0.717) is 13.2 Å². The Morgan fingerprint density at radius 2 is 0.786 bits per heavy atom. The molecule has 0 aliphatic carbocycles. The standard InChI is InChI=1S/C24H44O4/c1-3-5-7-9-11-12-14-16-18-22-28-24(26)20-19-23(25)27-21-17-15-13-10-8-6-4-2/h19-20H,3-18,21-22H2,1-2H3/b20-19+. The fourth-order valence-electron chi connectivity index (χ4n) is 3.05. The third kappa shape index (κ3) is 21.0. The molecule has 0 heterocycles. The zero-order valence-corrected chi connectivity index (χ0v) is 18.5. The molecule has 0 radical (unpaired) electrons. The van der Waals surface area contributed by atoms with Crippen LogP contribution in [-0.2, 0) is 19.1 Å². The molecule has 0 aliphatic rings. The van der Waals surface area contributed by atoms with Crippen molar-refractivity contribution in [3.8, 4) is 0 Å². The summed E-state index contributed by atoms with van der Waals surface area (Å²) in [4.78, 5) is 23.1. The number of carbonyl (C=O) groups is 2. The van der Waals surface area contributed by atoms with Crippen LogP contribution in [0.2, 0.25) is 0 Å². The number of hydrogen-bond acceptors (Lipinski definition) is 4. The fourth-order valence-corrected chi connectivity index (χ4v) is 3.05. The molecule has 0 bridgehead atoms. The first-order valence-electron chi connectivity index (χ1n) is 11.7. The molecule has 0 aliphatic heterocycles. The predicted molar refractivity (Wildman–Crippen MR) is 116 cm³/mol. The van der Waals surface area contributed by atoms with Gasteiger partial charge in [-0.1, -0.05) is 104 Å². The van der Waals surface area contributed by atoms with E-state index in [4.69, 9.17) is 9.47 Å². The summed E-state index contributed by atoms with van der Waals surface area (Å²) < 4.78 is 10.2. The van der Waals surface area contributed by atoms with Gasteiger partial charge < -0.3 is 9.47 Å². The second-order valence-corrected chi connectivity index (χ2v) is 7.62. The summed E-state index contributed by atoms with van der Waals surface area (Å²) in [5, 5.41) is 0. The predicted octanol–water partition coefficient (Wildman–Crippen LogP) is 6.91. The van der Waals surface area contributed by atoms with E-state index in [2.05, 4.69) is 13.8 Å². The van der Waals surface area contributed by atoms with Crippen molar-refractivity contribution in [3.05, 3.63) is 12.2 Å². The maximum absolute atomic E-state index is 11.6. The summed E-state index contributed by atoms with van der Waals surface area (Å²) >= 11 is 0. The van der Waals surface area contributed by atoms with Crippen LogP contribution in [0.25, 0.3) is 0 Å². The molecule has 0 fully saturated rings. The Balaban J connectivity index is 3.43. The van der Waals surface area contributed by atoms with Crippen molar-refractivity contribution in [1.29, 1.82) is 0 Å². The highest BCUT2D eigenvalue weighted by atomic mass is 16.5. The molecule has 0 saturated heterocycles. The Bertz CT molecular complexity index is 390. The van der Waals surface area contributed by atoms with Gasteiger partial charge in [0.25, 0.3) is 0 Å². The Labute approximate surface area is 173 Å². The van der Waals surface area contributed by atoms with Gasteiger partial charge in [-0.05, 0) is 12.8 Å². The molecule has 0 aromatic heterocycles. The monoisotopic (exact) mass is 396 g/mol. The lowest BCUT2D eigenvalue weighted by Crippen LogP contribution is -2.06. The lowest BCUT2D eigenvalue weighted by atomic mass is 10.1. The fraction of sp³-hybridized carbons (Fsp3) is 0.833. The number of rotatable bonds is 20. The minimum atomic E-state index is -0.467. The zero-order valence-electron chi connectivity index (χ0n) is 18.5. The van der Waals surface area contributed by atoms with Gasteiger partial charge in [-0.25, -0.2) is 9.59 Å². The van der Waals surface area contributed by atoms with Crippen LogP contribution in [0, 0.1) is 0 Å². The number of carbonyl (C=O) groups excluding carboxylic acids is 2. The molecule has 0 rings (SSSR count). The van der Waals surface area contributed by atoms with Crippen LogP contribution in [0.3, 0.4) is 0 Å². The molecular weight excluding hydrogens is 352 g/mol.